The van der Waals surface area contributed by atoms with E-state index in [1.54, 1.807) is 32.1 Å². The molecule has 216 valence electrons. The molecule has 9 unspecified atom stereocenters. The zero-order valence-corrected chi connectivity index (χ0v) is 28.9. The minimum atomic E-state index is -4.02. The Morgan fingerprint density at radius 2 is 1.31 bits per heavy atom. The molecular weight excluding hydrogens is 570 g/mol. The van der Waals surface area contributed by atoms with Crippen molar-refractivity contribution in [1.82, 2.24) is 10.6 Å². The van der Waals surface area contributed by atoms with E-state index in [0.29, 0.717) is 5.16 Å². The number of hydrogen-bond donors (Lipinski definition) is 2. The number of hydrogen-bond acceptors (Lipinski definition) is 2. The third-order valence-corrected chi connectivity index (χ3v) is 80.6. The van der Waals surface area contributed by atoms with Crippen LogP contribution < -0.4 is 10.6 Å². The summed E-state index contributed by atoms with van der Waals surface area (Å²) in [5.74, 6) is 4.51. The Morgan fingerprint density at radius 3 is 1.69 bits per heavy atom. The molecule has 4 saturated carbocycles. The van der Waals surface area contributed by atoms with Gasteiger partial charge in [-0.05, 0) is 0 Å². The second kappa shape index (κ2) is 3.19. The fourth-order valence-corrected chi connectivity index (χ4v) is 141. The Bertz CT molecular complexity index is 1720. The van der Waals surface area contributed by atoms with Crippen LogP contribution in [0.15, 0.2) is 0 Å². The average Bonchev–Trinajstić information content (AvgIpc) is 3.72. The van der Waals surface area contributed by atoms with Crippen LogP contribution in [-0.2, 0) is 6.51 Å². The van der Waals surface area contributed by atoms with Gasteiger partial charge in [0.05, 0.1) is 0 Å². The molecule has 2 N–H and O–H groups in total. The van der Waals surface area contributed by atoms with Crippen molar-refractivity contribution in [2.45, 2.75) is 141 Å². The van der Waals surface area contributed by atoms with E-state index >= 15 is 0 Å². The van der Waals surface area contributed by atoms with Gasteiger partial charge in [0.2, 0.25) is 0 Å². The van der Waals surface area contributed by atoms with Gasteiger partial charge >= 0.3 is 233 Å². The molecule has 9 atom stereocenters. The summed E-state index contributed by atoms with van der Waals surface area (Å²) in [6.45, 7) is 7.49. The van der Waals surface area contributed by atoms with Crippen molar-refractivity contribution < 1.29 is 6.51 Å². The van der Waals surface area contributed by atoms with Gasteiger partial charge in [-0.15, -0.1) is 0 Å². The van der Waals surface area contributed by atoms with Crippen molar-refractivity contribution in [3.63, 3.8) is 0 Å². The number of rotatable bonds is 6. The van der Waals surface area contributed by atoms with Crippen LogP contribution in [0.4, 0.5) is 0 Å². The van der Waals surface area contributed by atoms with E-state index < -0.39 is 14.6 Å². The number of fused-ring (bicyclic) bond motifs is 11. The third-order valence-electron chi connectivity index (χ3n) is 25.6. The summed E-state index contributed by atoms with van der Waals surface area (Å²) < 4.78 is 2.86. The molecule has 4 aliphatic carbocycles. The van der Waals surface area contributed by atoms with Gasteiger partial charge in [0.15, 0.2) is 0 Å². The van der Waals surface area contributed by atoms with E-state index in [1.165, 1.54) is 78.6 Å². The van der Waals surface area contributed by atoms with Gasteiger partial charge in [0.1, 0.15) is 0 Å². The maximum atomic E-state index is 4.34. The van der Waals surface area contributed by atoms with E-state index in [0.717, 1.165) is 53.7 Å². The zero-order valence-electron chi connectivity index (χ0n) is 24.5. The summed E-state index contributed by atoms with van der Waals surface area (Å²) in [5, 5.41) is 9.17. The second-order valence-corrected chi connectivity index (χ2v) is 51.9. The fourth-order valence-electron chi connectivity index (χ4n) is 29.6. The molecule has 4 bridgehead atoms. The molecule has 16 rings (SSSR count). The summed E-state index contributed by atoms with van der Waals surface area (Å²) >= 11 is 0. The molecule has 0 radical (unpaired) electrons. The first-order valence-electron chi connectivity index (χ1n) is 17.7. The van der Waals surface area contributed by atoms with Gasteiger partial charge in [-0.25, -0.2) is 0 Å². The van der Waals surface area contributed by atoms with Crippen LogP contribution in [-0.4, -0.2) is 44.6 Å². The Balaban J connectivity index is 1.13. The van der Waals surface area contributed by atoms with Crippen LogP contribution >= 0.6 is 18.5 Å². The van der Waals surface area contributed by atoms with Gasteiger partial charge in [-0.2, -0.15) is 0 Å². The standard InChI is InChI=1S/C28H47N2P2Si.C5H5.Fe/c1-33(2,3)22-15-23(27(17-31)20-11-18-10-19(13-20)14-21(27)12-18)24(16-22)28(32,25-6-4-8-29-25)26-7-5-9-30-26;1-2-4-5-3-1;/h15-16,18-21,25-26,29-30H,4-14,17,31-32H2,1-3H3;1-5H;. The van der Waals surface area contributed by atoms with Crippen LogP contribution in [0.1, 0.15) is 57.8 Å². The summed E-state index contributed by atoms with van der Waals surface area (Å²) in [6.07, 6.45) is 15.7. The van der Waals surface area contributed by atoms with E-state index in [2.05, 4.69) is 48.8 Å². The van der Waals surface area contributed by atoms with Gasteiger partial charge in [0.25, 0.3) is 0 Å². The molecule has 0 aromatic carbocycles. The van der Waals surface area contributed by atoms with Crippen molar-refractivity contribution in [2.75, 3.05) is 19.3 Å². The summed E-state index contributed by atoms with van der Waals surface area (Å²) in [4.78, 5) is 9.79. The van der Waals surface area contributed by atoms with Gasteiger partial charge in [-0.3, -0.25) is 0 Å². The minimum absolute atomic E-state index is 0.485. The summed E-state index contributed by atoms with van der Waals surface area (Å²) in [6, 6.07) is 1.60. The van der Waals surface area contributed by atoms with Crippen molar-refractivity contribution in [3.8, 4) is 0 Å². The Kier molecular flexibility index (Phi) is 1.74. The van der Waals surface area contributed by atoms with E-state index in [9.17, 15) is 0 Å². The molecule has 16 fully saturated rings. The molecule has 12 aliphatic heterocycles. The summed E-state index contributed by atoms with van der Waals surface area (Å²) in [7, 11) is 6.35. The third kappa shape index (κ3) is 0.512. The van der Waals surface area contributed by atoms with Crippen LogP contribution in [0.2, 0.25) is 65.9 Å². The Hall–Kier alpha value is 1.52. The van der Waals surface area contributed by atoms with E-state index in [-0.39, 0.29) is 0 Å². The molecule has 0 amide bonds. The maximum absolute atomic E-state index is 4.34. The van der Waals surface area contributed by atoms with Gasteiger partial charge in [0, 0.05) is 0 Å². The van der Waals surface area contributed by atoms with Gasteiger partial charge < -0.3 is 0 Å². The van der Waals surface area contributed by atoms with Crippen LogP contribution in [0.25, 0.3) is 0 Å². The molecule has 1 spiro atoms. The predicted octanol–water partition coefficient (Wildman–Crippen LogP) is 7.80. The molecule has 0 aromatic rings. The first kappa shape index (κ1) is 21.3. The first-order valence-corrected chi connectivity index (χ1v) is 28.7. The van der Waals surface area contributed by atoms with E-state index in [1.807, 2.05) is 0 Å². The zero-order chi connectivity index (χ0) is 25.7. The van der Waals surface area contributed by atoms with Crippen molar-refractivity contribution in [1.29, 1.82) is 0 Å². The molecular formula is C33H52FeN2P2Si. The Labute approximate surface area is 232 Å². The van der Waals surface area contributed by atoms with Crippen LogP contribution in [0, 0.1) is 29.1 Å². The molecule has 0 aromatic heterocycles. The molecule has 16 aliphatic rings. The molecule has 39 heavy (non-hydrogen) atoms. The van der Waals surface area contributed by atoms with E-state index in [4.69, 9.17) is 0 Å². The van der Waals surface area contributed by atoms with Crippen molar-refractivity contribution in [2.24, 2.45) is 29.1 Å². The quantitative estimate of drug-likeness (QED) is 0.233. The molecule has 12 saturated heterocycles. The average molecular weight is 623 g/mol. The monoisotopic (exact) mass is 622 g/mol. The molecule has 2 nitrogen and oxygen atoms in total. The molecule has 6 heteroatoms. The van der Waals surface area contributed by atoms with Crippen LogP contribution in [0.3, 0.4) is 0 Å². The first-order chi connectivity index (χ1) is 18.5. The molecule has 12 heterocycles. The van der Waals surface area contributed by atoms with Crippen LogP contribution in [0.5, 0.6) is 0 Å². The Morgan fingerprint density at radius 1 is 0.795 bits per heavy atom. The predicted molar refractivity (Wildman–Crippen MR) is 166 cm³/mol. The van der Waals surface area contributed by atoms with Crippen molar-refractivity contribution in [3.05, 3.63) is 0 Å². The topological polar surface area (TPSA) is 24.1 Å². The van der Waals surface area contributed by atoms with Crippen molar-refractivity contribution >= 4 is 26.6 Å². The SMILES string of the molecule is C[Si](C)(C)[C]12[CH]3[C]4(C(P)(C5CCCN5)C5CCCN5)[C]5(C6(CP)C7CC8CC(C7)CC6C8)[CH]1[Fe]34521678[CH]2[CH]1[CH]6[CH]7[CH]28. The normalized spacial score (nSPS) is 88.6. The fraction of sp³-hybridized carbons (Fsp3) is 1.00. The van der Waals surface area contributed by atoms with Gasteiger partial charge in [-0.1, -0.05) is 0 Å². The number of nitrogens with one attached hydrogen (secondary N) is 2. The second-order valence-electron chi connectivity index (χ2n) is 21.9. The summed E-state index contributed by atoms with van der Waals surface area (Å²) in [5.41, 5.74) is 0.765.